The number of nitrogens with two attached hydrogens (primary N) is 1. The molecule has 0 atom stereocenters. The molecule has 0 amide bonds. The van der Waals surface area contributed by atoms with Gasteiger partial charge in [0.25, 0.3) is 6.43 Å². The number of halogens is 2. The van der Waals surface area contributed by atoms with Gasteiger partial charge in [0, 0.05) is 6.20 Å². The first-order chi connectivity index (χ1) is 8.51. The maximum absolute atomic E-state index is 12.9. The van der Waals surface area contributed by atoms with E-state index in [0.717, 1.165) is 6.20 Å². The summed E-state index contributed by atoms with van der Waals surface area (Å²) in [7, 11) is 0. The normalized spacial score (nSPS) is 10.2. The monoisotopic (exact) mass is 255 g/mol. The first-order valence-corrected chi connectivity index (χ1v) is 5.12. The third-order valence-corrected chi connectivity index (χ3v) is 2.22. The molecule has 2 N–H and O–H groups in total. The van der Waals surface area contributed by atoms with Crippen molar-refractivity contribution in [1.82, 2.24) is 4.98 Å². The first-order valence-electron chi connectivity index (χ1n) is 5.12. The van der Waals surface area contributed by atoms with Crippen molar-refractivity contribution >= 4 is 11.8 Å². The third-order valence-electron chi connectivity index (χ3n) is 2.22. The summed E-state index contributed by atoms with van der Waals surface area (Å²) >= 11 is 0. The SMILES string of the molecule is CCOC(=O)Cc1c(C#N)cnc(N)c1C(F)F. The predicted octanol–water partition coefficient (Wildman–Crippen LogP) is 1.58. The molecular formula is C11H11F2N3O2. The molecule has 0 unspecified atom stereocenters. The van der Waals surface area contributed by atoms with E-state index >= 15 is 0 Å². The molecule has 0 saturated heterocycles. The minimum atomic E-state index is -2.91. The summed E-state index contributed by atoms with van der Waals surface area (Å²) in [6.45, 7) is 1.73. The van der Waals surface area contributed by atoms with E-state index in [9.17, 15) is 13.6 Å². The van der Waals surface area contributed by atoms with Crippen LogP contribution in [0.5, 0.6) is 0 Å². The van der Waals surface area contributed by atoms with Gasteiger partial charge in [0.2, 0.25) is 0 Å². The summed E-state index contributed by atoms with van der Waals surface area (Å²) in [6.07, 6.45) is -2.27. The Bertz CT molecular complexity index is 498. The van der Waals surface area contributed by atoms with E-state index in [0.29, 0.717) is 0 Å². The Morgan fingerprint density at radius 1 is 1.67 bits per heavy atom. The molecule has 0 radical (unpaired) electrons. The standard InChI is InChI=1S/C11H11F2N3O2/c1-2-18-8(17)3-7-6(4-14)5-16-11(15)9(7)10(12)13/h5,10H,2-3H2,1H3,(H2,15,16). The van der Waals surface area contributed by atoms with Gasteiger partial charge in [-0.2, -0.15) is 5.26 Å². The summed E-state index contributed by atoms with van der Waals surface area (Å²) in [5, 5.41) is 8.83. The molecule has 1 rings (SSSR count). The summed E-state index contributed by atoms with van der Waals surface area (Å²) in [5.74, 6) is -1.08. The number of esters is 1. The summed E-state index contributed by atoms with van der Waals surface area (Å²) in [4.78, 5) is 14.8. The largest absolute Gasteiger partial charge is 0.466 e. The molecule has 0 aliphatic rings. The van der Waals surface area contributed by atoms with Crippen molar-refractivity contribution in [3.8, 4) is 6.07 Å². The number of ether oxygens (including phenoxy) is 1. The average molecular weight is 255 g/mol. The van der Waals surface area contributed by atoms with Crippen molar-refractivity contribution in [2.24, 2.45) is 0 Å². The molecule has 96 valence electrons. The zero-order valence-electron chi connectivity index (χ0n) is 9.61. The number of nitriles is 1. The van der Waals surface area contributed by atoms with Crippen LogP contribution in [-0.2, 0) is 16.0 Å². The second kappa shape index (κ2) is 5.91. The van der Waals surface area contributed by atoms with Crippen LogP contribution in [0, 0.1) is 11.3 Å². The molecule has 5 nitrogen and oxygen atoms in total. The van der Waals surface area contributed by atoms with Gasteiger partial charge in [-0.3, -0.25) is 4.79 Å². The smallest absolute Gasteiger partial charge is 0.310 e. The maximum Gasteiger partial charge on any atom is 0.310 e. The van der Waals surface area contributed by atoms with E-state index in [1.807, 2.05) is 0 Å². The van der Waals surface area contributed by atoms with Crippen LogP contribution in [0.4, 0.5) is 14.6 Å². The summed E-state index contributed by atoms with van der Waals surface area (Å²) in [6, 6.07) is 1.71. The quantitative estimate of drug-likeness (QED) is 0.825. The number of hydrogen-bond donors (Lipinski definition) is 1. The molecule has 18 heavy (non-hydrogen) atoms. The highest BCUT2D eigenvalue weighted by Gasteiger charge is 2.23. The molecule has 0 aromatic carbocycles. The highest BCUT2D eigenvalue weighted by molar-refractivity contribution is 5.75. The molecule has 0 saturated carbocycles. The van der Waals surface area contributed by atoms with Gasteiger partial charge in [0.1, 0.15) is 11.9 Å². The molecule has 0 fully saturated rings. The second-order valence-electron chi connectivity index (χ2n) is 3.34. The third kappa shape index (κ3) is 2.91. The number of pyridine rings is 1. The zero-order chi connectivity index (χ0) is 13.7. The van der Waals surface area contributed by atoms with E-state index in [2.05, 4.69) is 9.72 Å². The van der Waals surface area contributed by atoms with Gasteiger partial charge < -0.3 is 10.5 Å². The summed E-state index contributed by atoms with van der Waals surface area (Å²) in [5.41, 5.74) is 4.53. The number of carbonyl (C=O) groups excluding carboxylic acids is 1. The molecule has 0 aliphatic carbocycles. The minimum Gasteiger partial charge on any atom is -0.466 e. The number of rotatable bonds is 4. The van der Waals surface area contributed by atoms with Crippen LogP contribution < -0.4 is 5.73 Å². The van der Waals surface area contributed by atoms with E-state index < -0.39 is 24.4 Å². The van der Waals surface area contributed by atoms with Crippen molar-refractivity contribution in [3.63, 3.8) is 0 Å². The number of alkyl halides is 2. The minimum absolute atomic E-state index is 0.104. The Morgan fingerprint density at radius 3 is 2.83 bits per heavy atom. The fraction of sp³-hybridized carbons (Fsp3) is 0.364. The first kappa shape index (κ1) is 13.8. The van der Waals surface area contributed by atoms with Crippen LogP contribution in [0.1, 0.15) is 30.0 Å². The highest BCUT2D eigenvalue weighted by Crippen LogP contribution is 2.29. The molecule has 1 aromatic rings. The van der Waals surface area contributed by atoms with E-state index in [-0.39, 0.29) is 23.6 Å². The molecule has 7 heteroatoms. The average Bonchev–Trinajstić information content (AvgIpc) is 2.29. The number of aromatic nitrogens is 1. The Labute approximate surface area is 102 Å². The van der Waals surface area contributed by atoms with Crippen molar-refractivity contribution in [3.05, 3.63) is 22.9 Å². The van der Waals surface area contributed by atoms with Crippen LogP contribution in [0.25, 0.3) is 0 Å². The van der Waals surface area contributed by atoms with Crippen LogP contribution >= 0.6 is 0 Å². The van der Waals surface area contributed by atoms with Crippen molar-refractivity contribution in [1.29, 1.82) is 5.26 Å². The Hall–Kier alpha value is -2.23. The van der Waals surface area contributed by atoms with Gasteiger partial charge >= 0.3 is 5.97 Å². The van der Waals surface area contributed by atoms with Gasteiger partial charge in [-0.25, -0.2) is 13.8 Å². The van der Waals surface area contributed by atoms with Crippen LogP contribution in [-0.4, -0.2) is 17.6 Å². The van der Waals surface area contributed by atoms with Crippen LogP contribution in [0.2, 0.25) is 0 Å². The van der Waals surface area contributed by atoms with Gasteiger partial charge in [0.15, 0.2) is 0 Å². The van der Waals surface area contributed by atoms with Crippen LogP contribution in [0.15, 0.2) is 6.20 Å². The molecule has 0 spiro atoms. The topological polar surface area (TPSA) is 89.0 Å². The number of nitrogen functional groups attached to an aromatic ring is 1. The van der Waals surface area contributed by atoms with Gasteiger partial charge in [-0.05, 0) is 12.5 Å². The van der Waals surface area contributed by atoms with Crippen molar-refractivity contribution in [2.75, 3.05) is 12.3 Å². The Morgan fingerprint density at radius 2 is 2.33 bits per heavy atom. The van der Waals surface area contributed by atoms with Crippen LogP contribution in [0.3, 0.4) is 0 Å². The highest BCUT2D eigenvalue weighted by atomic mass is 19.3. The number of nitrogens with zero attached hydrogens (tertiary/aromatic N) is 2. The summed E-state index contributed by atoms with van der Waals surface area (Å²) < 4.78 is 30.4. The van der Waals surface area contributed by atoms with E-state index in [4.69, 9.17) is 11.0 Å². The van der Waals surface area contributed by atoms with Gasteiger partial charge in [-0.1, -0.05) is 0 Å². The van der Waals surface area contributed by atoms with Crippen molar-refractivity contribution < 1.29 is 18.3 Å². The van der Waals surface area contributed by atoms with E-state index in [1.165, 1.54) is 0 Å². The second-order valence-corrected chi connectivity index (χ2v) is 3.34. The maximum atomic E-state index is 12.9. The lowest BCUT2D eigenvalue weighted by Crippen LogP contribution is -2.13. The Kier molecular flexibility index (Phi) is 4.54. The van der Waals surface area contributed by atoms with E-state index in [1.54, 1.807) is 13.0 Å². The fourth-order valence-corrected chi connectivity index (χ4v) is 1.47. The molecule has 1 heterocycles. The number of anilines is 1. The molecule has 0 bridgehead atoms. The predicted molar refractivity (Wildman–Crippen MR) is 58.7 cm³/mol. The van der Waals surface area contributed by atoms with Gasteiger partial charge in [0.05, 0.1) is 24.2 Å². The lowest BCUT2D eigenvalue weighted by atomic mass is 10.0. The molecular weight excluding hydrogens is 244 g/mol. The lowest BCUT2D eigenvalue weighted by molar-refractivity contribution is -0.142. The molecule has 1 aromatic heterocycles. The molecule has 0 aliphatic heterocycles. The lowest BCUT2D eigenvalue weighted by Gasteiger charge is -2.11. The fourth-order valence-electron chi connectivity index (χ4n) is 1.47. The number of carbonyl (C=O) groups is 1. The van der Waals surface area contributed by atoms with Crippen molar-refractivity contribution in [2.45, 2.75) is 19.8 Å². The zero-order valence-corrected chi connectivity index (χ0v) is 9.61. The van der Waals surface area contributed by atoms with Gasteiger partial charge in [-0.15, -0.1) is 0 Å². The number of hydrogen-bond acceptors (Lipinski definition) is 5. The Balaban J connectivity index is 3.25.